The fraction of sp³-hybridized carbons (Fsp3) is 0.227. The molecule has 2 aromatic carbocycles. The molecule has 8 nitrogen and oxygen atoms in total. The maximum Gasteiger partial charge on any atom is 0.339 e. The Morgan fingerprint density at radius 3 is 2.45 bits per heavy atom. The molecule has 0 aromatic heterocycles. The van der Waals surface area contributed by atoms with Gasteiger partial charge in [0, 0.05) is 10.0 Å². The normalized spacial score (nSPS) is 15.4. The minimum Gasteiger partial charge on any atom is -0.462 e. The molecule has 2 aromatic rings. The third-order valence-corrected chi connectivity index (χ3v) is 6.94. The number of halogens is 1. The first kappa shape index (κ1) is 25.0. The van der Waals surface area contributed by atoms with Gasteiger partial charge in [0.25, 0.3) is 11.1 Å². The van der Waals surface area contributed by atoms with Crippen LogP contribution in [0.4, 0.5) is 4.79 Å². The van der Waals surface area contributed by atoms with Crippen LogP contribution in [0.15, 0.2) is 56.7 Å². The molecule has 1 fully saturated rings. The summed E-state index contributed by atoms with van der Waals surface area (Å²) in [4.78, 5) is 37.7. The zero-order chi connectivity index (χ0) is 24.3. The van der Waals surface area contributed by atoms with Crippen LogP contribution in [0.1, 0.15) is 25.0 Å². The predicted molar refractivity (Wildman–Crippen MR) is 127 cm³/mol. The fourth-order valence-corrected chi connectivity index (χ4v) is 4.95. The van der Waals surface area contributed by atoms with E-state index in [0.29, 0.717) is 16.2 Å². The van der Waals surface area contributed by atoms with Crippen molar-refractivity contribution in [2.75, 3.05) is 6.54 Å². The van der Waals surface area contributed by atoms with Crippen molar-refractivity contribution >= 4 is 61.0 Å². The standard InChI is InChI=1S/C22H20BrNO7S2/c1-13(2)30-20(25)12-24-21(26)19(32-22(24)27)11-15-10-16(23)6-9-18(15)31-33(28,29)17-7-4-14(3)5-8-17/h4-11,13H,12H2,1-3H3/b19-11-. The summed E-state index contributed by atoms with van der Waals surface area (Å²) < 4.78 is 36.4. The lowest BCUT2D eigenvalue weighted by Gasteiger charge is -2.13. The largest absolute Gasteiger partial charge is 0.462 e. The molecular weight excluding hydrogens is 534 g/mol. The quantitative estimate of drug-likeness (QED) is 0.280. The van der Waals surface area contributed by atoms with E-state index in [1.54, 1.807) is 38.1 Å². The van der Waals surface area contributed by atoms with Crippen molar-refractivity contribution in [1.82, 2.24) is 4.90 Å². The van der Waals surface area contributed by atoms with Crippen molar-refractivity contribution in [3.8, 4) is 5.75 Å². The van der Waals surface area contributed by atoms with Crippen molar-refractivity contribution in [3.05, 3.63) is 63.0 Å². The number of ether oxygens (including phenoxy) is 1. The molecule has 0 radical (unpaired) electrons. The van der Waals surface area contributed by atoms with Gasteiger partial charge in [-0.2, -0.15) is 8.42 Å². The van der Waals surface area contributed by atoms with Crippen molar-refractivity contribution in [2.45, 2.75) is 31.8 Å². The van der Waals surface area contributed by atoms with Gasteiger partial charge in [0.1, 0.15) is 17.2 Å². The van der Waals surface area contributed by atoms with Crippen LogP contribution in [0.2, 0.25) is 0 Å². The molecule has 1 saturated heterocycles. The summed E-state index contributed by atoms with van der Waals surface area (Å²) in [6.07, 6.45) is 0.966. The summed E-state index contributed by atoms with van der Waals surface area (Å²) in [6, 6.07) is 10.8. The number of hydrogen-bond donors (Lipinski definition) is 0. The Bertz CT molecular complexity index is 1240. The molecule has 1 aliphatic rings. The monoisotopic (exact) mass is 553 g/mol. The number of rotatable bonds is 7. The second-order valence-electron chi connectivity index (χ2n) is 7.34. The molecule has 0 spiro atoms. The Morgan fingerprint density at radius 1 is 1.15 bits per heavy atom. The number of esters is 1. The Morgan fingerprint density at radius 2 is 1.82 bits per heavy atom. The van der Waals surface area contributed by atoms with Gasteiger partial charge in [0.15, 0.2) is 0 Å². The van der Waals surface area contributed by atoms with Crippen molar-refractivity contribution in [1.29, 1.82) is 0 Å². The highest BCUT2D eigenvalue weighted by atomic mass is 79.9. The molecule has 0 saturated carbocycles. The summed E-state index contributed by atoms with van der Waals surface area (Å²) in [6.45, 7) is 4.64. The van der Waals surface area contributed by atoms with E-state index >= 15 is 0 Å². The number of carbonyl (C=O) groups excluding carboxylic acids is 3. The van der Waals surface area contributed by atoms with E-state index in [1.807, 2.05) is 6.92 Å². The van der Waals surface area contributed by atoms with Gasteiger partial charge in [0.2, 0.25) is 0 Å². The molecule has 0 atom stereocenters. The van der Waals surface area contributed by atoms with Crippen molar-refractivity contribution in [3.63, 3.8) is 0 Å². The number of aryl methyl sites for hydroxylation is 1. The van der Waals surface area contributed by atoms with Gasteiger partial charge in [-0.25, -0.2) is 0 Å². The van der Waals surface area contributed by atoms with Crippen LogP contribution >= 0.6 is 27.7 Å². The van der Waals surface area contributed by atoms with Crippen LogP contribution in [0.5, 0.6) is 5.75 Å². The van der Waals surface area contributed by atoms with Crippen LogP contribution in [-0.2, 0) is 24.4 Å². The lowest BCUT2D eigenvalue weighted by Crippen LogP contribution is -2.35. The van der Waals surface area contributed by atoms with Crippen LogP contribution in [0.3, 0.4) is 0 Å². The topological polar surface area (TPSA) is 107 Å². The molecular formula is C22H20BrNO7S2. The van der Waals surface area contributed by atoms with Gasteiger partial charge in [0.05, 0.1) is 11.0 Å². The Balaban J connectivity index is 1.89. The van der Waals surface area contributed by atoms with Gasteiger partial charge >= 0.3 is 16.1 Å². The lowest BCUT2D eigenvalue weighted by atomic mass is 10.2. The maximum absolute atomic E-state index is 12.7. The molecule has 0 N–H and O–H groups in total. The van der Waals surface area contributed by atoms with E-state index in [-0.39, 0.29) is 27.2 Å². The van der Waals surface area contributed by atoms with E-state index in [9.17, 15) is 22.8 Å². The fourth-order valence-electron chi connectivity index (χ4n) is 2.79. The molecule has 33 heavy (non-hydrogen) atoms. The van der Waals surface area contributed by atoms with Crippen molar-refractivity contribution < 1.29 is 31.7 Å². The van der Waals surface area contributed by atoms with Gasteiger partial charge in [-0.05, 0) is 68.9 Å². The average Bonchev–Trinajstić information content (AvgIpc) is 2.97. The number of imide groups is 1. The first-order chi connectivity index (χ1) is 15.5. The SMILES string of the molecule is Cc1ccc(S(=O)(=O)Oc2ccc(Br)cc2/C=C2\SC(=O)N(CC(=O)OC(C)C)C2=O)cc1. The second kappa shape index (κ2) is 10.1. The molecule has 0 bridgehead atoms. The molecule has 2 amide bonds. The number of thioether (sulfide) groups is 1. The summed E-state index contributed by atoms with van der Waals surface area (Å²) in [5.74, 6) is -1.41. The number of carbonyl (C=O) groups is 3. The van der Waals surface area contributed by atoms with E-state index in [2.05, 4.69) is 15.9 Å². The van der Waals surface area contributed by atoms with Crippen LogP contribution in [0.25, 0.3) is 6.08 Å². The molecule has 3 rings (SSSR count). The van der Waals surface area contributed by atoms with Crippen LogP contribution in [0, 0.1) is 6.92 Å². The van der Waals surface area contributed by atoms with E-state index in [0.717, 1.165) is 10.5 Å². The van der Waals surface area contributed by atoms with Gasteiger partial charge in [-0.15, -0.1) is 0 Å². The highest BCUT2D eigenvalue weighted by Gasteiger charge is 2.37. The first-order valence-corrected chi connectivity index (χ1v) is 12.7. The van der Waals surface area contributed by atoms with Gasteiger partial charge in [-0.3, -0.25) is 19.3 Å². The van der Waals surface area contributed by atoms with E-state index < -0.39 is 33.8 Å². The minimum absolute atomic E-state index is 0.0213. The molecule has 174 valence electrons. The summed E-state index contributed by atoms with van der Waals surface area (Å²) in [5, 5.41) is -0.628. The average molecular weight is 554 g/mol. The van der Waals surface area contributed by atoms with Crippen LogP contribution < -0.4 is 4.18 Å². The number of benzene rings is 2. The summed E-state index contributed by atoms with van der Waals surface area (Å²) >= 11 is 3.95. The minimum atomic E-state index is -4.14. The zero-order valence-corrected chi connectivity index (χ0v) is 21.1. The predicted octanol–water partition coefficient (Wildman–Crippen LogP) is 4.51. The number of hydrogen-bond acceptors (Lipinski definition) is 8. The van der Waals surface area contributed by atoms with Crippen molar-refractivity contribution in [2.24, 2.45) is 0 Å². The van der Waals surface area contributed by atoms with Gasteiger partial charge < -0.3 is 8.92 Å². The third kappa shape index (κ3) is 6.24. The maximum atomic E-state index is 12.7. The molecule has 11 heteroatoms. The molecule has 1 aliphatic heterocycles. The highest BCUT2D eigenvalue weighted by Crippen LogP contribution is 2.35. The third-order valence-electron chi connectivity index (χ3n) is 4.30. The first-order valence-electron chi connectivity index (χ1n) is 9.72. The van der Waals surface area contributed by atoms with E-state index in [4.69, 9.17) is 8.92 Å². The zero-order valence-electron chi connectivity index (χ0n) is 17.9. The highest BCUT2D eigenvalue weighted by molar-refractivity contribution is 9.10. The Kier molecular flexibility index (Phi) is 7.65. The molecule has 0 unspecified atom stereocenters. The summed E-state index contributed by atoms with van der Waals surface area (Å²) in [7, 11) is -4.14. The lowest BCUT2D eigenvalue weighted by molar-refractivity contribution is -0.149. The Labute approximate surface area is 204 Å². The molecule has 1 heterocycles. The van der Waals surface area contributed by atoms with Crippen LogP contribution in [-0.4, -0.2) is 43.1 Å². The Hall–Kier alpha value is -2.63. The van der Waals surface area contributed by atoms with Gasteiger partial charge in [-0.1, -0.05) is 33.6 Å². The second-order valence-corrected chi connectivity index (χ2v) is 10.8. The number of nitrogens with zero attached hydrogens (tertiary/aromatic N) is 1. The van der Waals surface area contributed by atoms with E-state index in [1.165, 1.54) is 24.3 Å². The molecule has 0 aliphatic carbocycles. The number of amides is 2. The smallest absolute Gasteiger partial charge is 0.339 e. The summed E-state index contributed by atoms with van der Waals surface area (Å²) in [5.41, 5.74) is 1.15.